The standard InChI is InChI=1S/C12H20BrNO2/c1-4-6-12(3,15)8-14-9(2)11-10(13)5-7-16-11/h5,7,9,14-15H,4,6,8H2,1-3H3. The first kappa shape index (κ1) is 13.7. The summed E-state index contributed by atoms with van der Waals surface area (Å²) in [6.45, 7) is 6.51. The van der Waals surface area contributed by atoms with E-state index < -0.39 is 5.60 Å². The Balaban J connectivity index is 2.47. The molecular weight excluding hydrogens is 270 g/mol. The number of halogens is 1. The smallest absolute Gasteiger partial charge is 0.134 e. The van der Waals surface area contributed by atoms with Crippen molar-refractivity contribution in [1.29, 1.82) is 0 Å². The van der Waals surface area contributed by atoms with Crippen LogP contribution in [0.3, 0.4) is 0 Å². The summed E-state index contributed by atoms with van der Waals surface area (Å²) in [6.07, 6.45) is 3.43. The van der Waals surface area contributed by atoms with Crippen molar-refractivity contribution in [1.82, 2.24) is 5.32 Å². The fourth-order valence-corrected chi connectivity index (χ4v) is 2.25. The first-order valence-electron chi connectivity index (χ1n) is 5.65. The topological polar surface area (TPSA) is 45.4 Å². The van der Waals surface area contributed by atoms with Crippen LogP contribution >= 0.6 is 15.9 Å². The summed E-state index contributed by atoms with van der Waals surface area (Å²) in [7, 11) is 0. The molecule has 0 aliphatic heterocycles. The third-order valence-electron chi connectivity index (χ3n) is 2.62. The maximum Gasteiger partial charge on any atom is 0.134 e. The molecular formula is C12H20BrNO2. The van der Waals surface area contributed by atoms with Gasteiger partial charge in [0.05, 0.1) is 22.4 Å². The van der Waals surface area contributed by atoms with E-state index in [0.717, 1.165) is 23.1 Å². The monoisotopic (exact) mass is 289 g/mol. The molecule has 0 radical (unpaired) electrons. The van der Waals surface area contributed by atoms with E-state index in [-0.39, 0.29) is 6.04 Å². The van der Waals surface area contributed by atoms with E-state index in [9.17, 15) is 5.11 Å². The van der Waals surface area contributed by atoms with Gasteiger partial charge in [0.1, 0.15) is 5.76 Å². The molecule has 1 aromatic rings. The maximum absolute atomic E-state index is 10.0. The SMILES string of the molecule is CCCC(C)(O)CNC(C)c1occc1Br. The Labute approximate surface area is 105 Å². The van der Waals surface area contributed by atoms with E-state index in [4.69, 9.17) is 4.42 Å². The quantitative estimate of drug-likeness (QED) is 0.845. The lowest BCUT2D eigenvalue weighted by Crippen LogP contribution is -2.38. The Morgan fingerprint density at radius 1 is 1.62 bits per heavy atom. The minimum Gasteiger partial charge on any atom is -0.466 e. The number of aliphatic hydroxyl groups is 1. The third-order valence-corrected chi connectivity index (χ3v) is 3.27. The Bertz CT molecular complexity index is 323. The van der Waals surface area contributed by atoms with Crippen LogP contribution in [0.4, 0.5) is 0 Å². The van der Waals surface area contributed by atoms with Crippen LogP contribution in [0.2, 0.25) is 0 Å². The van der Waals surface area contributed by atoms with Crippen LogP contribution in [-0.4, -0.2) is 17.3 Å². The molecule has 3 nitrogen and oxygen atoms in total. The van der Waals surface area contributed by atoms with E-state index in [1.807, 2.05) is 19.9 Å². The Kier molecular flexibility index (Phi) is 5.02. The fourth-order valence-electron chi connectivity index (χ4n) is 1.71. The van der Waals surface area contributed by atoms with Crippen molar-refractivity contribution in [3.63, 3.8) is 0 Å². The number of furan rings is 1. The second kappa shape index (κ2) is 5.84. The van der Waals surface area contributed by atoms with Crippen LogP contribution in [0.25, 0.3) is 0 Å². The zero-order valence-electron chi connectivity index (χ0n) is 10.1. The number of hydrogen-bond acceptors (Lipinski definition) is 3. The molecule has 2 atom stereocenters. The molecule has 2 N–H and O–H groups in total. The van der Waals surface area contributed by atoms with Crippen molar-refractivity contribution >= 4 is 15.9 Å². The lowest BCUT2D eigenvalue weighted by atomic mass is 10.0. The minimum absolute atomic E-state index is 0.0905. The molecule has 0 aliphatic carbocycles. The van der Waals surface area contributed by atoms with Crippen LogP contribution in [-0.2, 0) is 0 Å². The van der Waals surface area contributed by atoms with E-state index in [1.54, 1.807) is 6.26 Å². The second-order valence-corrected chi connectivity index (χ2v) is 5.34. The zero-order chi connectivity index (χ0) is 12.2. The highest BCUT2D eigenvalue weighted by Gasteiger charge is 2.21. The van der Waals surface area contributed by atoms with Gasteiger partial charge in [-0.05, 0) is 42.3 Å². The summed E-state index contributed by atoms with van der Waals surface area (Å²) < 4.78 is 6.32. The molecule has 0 saturated carbocycles. The molecule has 1 rings (SSSR count). The fraction of sp³-hybridized carbons (Fsp3) is 0.667. The highest BCUT2D eigenvalue weighted by molar-refractivity contribution is 9.10. The number of nitrogens with one attached hydrogen (secondary N) is 1. The highest BCUT2D eigenvalue weighted by atomic mass is 79.9. The van der Waals surface area contributed by atoms with Gasteiger partial charge in [0.25, 0.3) is 0 Å². The number of hydrogen-bond donors (Lipinski definition) is 2. The average molecular weight is 290 g/mol. The predicted molar refractivity (Wildman–Crippen MR) is 68.4 cm³/mol. The van der Waals surface area contributed by atoms with Gasteiger partial charge >= 0.3 is 0 Å². The van der Waals surface area contributed by atoms with E-state index in [0.29, 0.717) is 6.54 Å². The molecule has 0 fully saturated rings. The van der Waals surface area contributed by atoms with Gasteiger partial charge in [0, 0.05) is 6.54 Å². The van der Waals surface area contributed by atoms with Crippen LogP contribution in [0.15, 0.2) is 21.2 Å². The van der Waals surface area contributed by atoms with Crippen LogP contribution < -0.4 is 5.32 Å². The molecule has 0 aliphatic rings. The number of rotatable bonds is 6. The minimum atomic E-state index is -0.651. The van der Waals surface area contributed by atoms with E-state index in [2.05, 4.69) is 28.2 Å². The Morgan fingerprint density at radius 2 is 2.31 bits per heavy atom. The summed E-state index contributed by atoms with van der Waals surface area (Å²) in [5.41, 5.74) is -0.651. The lowest BCUT2D eigenvalue weighted by Gasteiger charge is -2.25. The first-order chi connectivity index (χ1) is 7.46. The molecule has 92 valence electrons. The van der Waals surface area contributed by atoms with Crippen molar-refractivity contribution in [3.05, 3.63) is 22.6 Å². The van der Waals surface area contributed by atoms with Gasteiger partial charge < -0.3 is 14.8 Å². The Hall–Kier alpha value is -0.320. The summed E-state index contributed by atoms with van der Waals surface area (Å²) in [5, 5.41) is 13.3. The van der Waals surface area contributed by atoms with Crippen LogP contribution in [0.1, 0.15) is 45.4 Å². The molecule has 0 saturated heterocycles. The zero-order valence-corrected chi connectivity index (χ0v) is 11.7. The third kappa shape index (κ3) is 3.92. The van der Waals surface area contributed by atoms with Crippen molar-refractivity contribution in [2.24, 2.45) is 0 Å². The molecule has 0 bridgehead atoms. The van der Waals surface area contributed by atoms with Gasteiger partial charge in [-0.15, -0.1) is 0 Å². The Morgan fingerprint density at radius 3 is 2.81 bits per heavy atom. The van der Waals surface area contributed by atoms with Crippen LogP contribution in [0.5, 0.6) is 0 Å². The van der Waals surface area contributed by atoms with Crippen molar-refractivity contribution in [3.8, 4) is 0 Å². The van der Waals surface area contributed by atoms with Gasteiger partial charge in [-0.3, -0.25) is 0 Å². The van der Waals surface area contributed by atoms with Crippen molar-refractivity contribution in [2.45, 2.75) is 45.3 Å². The molecule has 16 heavy (non-hydrogen) atoms. The van der Waals surface area contributed by atoms with Gasteiger partial charge in [0.2, 0.25) is 0 Å². The van der Waals surface area contributed by atoms with Gasteiger partial charge in [-0.1, -0.05) is 13.3 Å². The largest absolute Gasteiger partial charge is 0.466 e. The summed E-state index contributed by atoms with van der Waals surface area (Å²) in [6, 6.07) is 1.96. The van der Waals surface area contributed by atoms with Gasteiger partial charge in [-0.25, -0.2) is 0 Å². The molecule has 1 heterocycles. The maximum atomic E-state index is 10.0. The summed E-state index contributed by atoms with van der Waals surface area (Å²) >= 11 is 3.42. The molecule has 2 unspecified atom stereocenters. The summed E-state index contributed by atoms with van der Waals surface area (Å²) in [5.74, 6) is 0.868. The predicted octanol–water partition coefficient (Wildman–Crippen LogP) is 3.24. The molecule has 0 amide bonds. The van der Waals surface area contributed by atoms with Crippen LogP contribution in [0, 0.1) is 0 Å². The molecule has 1 aromatic heterocycles. The van der Waals surface area contributed by atoms with Crippen molar-refractivity contribution in [2.75, 3.05) is 6.54 Å². The van der Waals surface area contributed by atoms with E-state index >= 15 is 0 Å². The first-order valence-corrected chi connectivity index (χ1v) is 6.44. The molecule has 0 spiro atoms. The molecule has 0 aromatic carbocycles. The van der Waals surface area contributed by atoms with Gasteiger partial charge in [0.15, 0.2) is 0 Å². The van der Waals surface area contributed by atoms with Gasteiger partial charge in [-0.2, -0.15) is 0 Å². The second-order valence-electron chi connectivity index (χ2n) is 4.48. The average Bonchev–Trinajstić information content (AvgIpc) is 2.61. The van der Waals surface area contributed by atoms with Crippen molar-refractivity contribution < 1.29 is 9.52 Å². The highest BCUT2D eigenvalue weighted by Crippen LogP contribution is 2.24. The molecule has 4 heteroatoms. The van der Waals surface area contributed by atoms with E-state index in [1.165, 1.54) is 0 Å². The lowest BCUT2D eigenvalue weighted by molar-refractivity contribution is 0.0470. The summed E-state index contributed by atoms with van der Waals surface area (Å²) in [4.78, 5) is 0. The normalized spacial score (nSPS) is 17.1.